The summed E-state index contributed by atoms with van der Waals surface area (Å²) in [4.78, 5) is 16.2. The monoisotopic (exact) mass is 433 g/mol. The average Bonchev–Trinajstić information content (AvgIpc) is 2.78. The molecule has 0 saturated carbocycles. The van der Waals surface area contributed by atoms with Crippen LogP contribution in [0.1, 0.15) is 19.8 Å². The number of aromatic nitrogens is 1. The predicted octanol–water partition coefficient (Wildman–Crippen LogP) is 2.08. The zero-order chi connectivity index (χ0) is 21.4. The summed E-state index contributed by atoms with van der Waals surface area (Å²) in [6.07, 6.45) is 4.30. The Morgan fingerprint density at radius 1 is 1.13 bits per heavy atom. The molecule has 1 amide bonds. The smallest absolute Gasteiger partial charge is 0.257 e. The minimum Gasteiger partial charge on any atom is -0.494 e. The number of carbonyl (C=O) groups excluding carboxylic acids is 1. The van der Waals surface area contributed by atoms with Gasteiger partial charge in [-0.25, -0.2) is 8.42 Å². The summed E-state index contributed by atoms with van der Waals surface area (Å²) in [6.45, 7) is 3.81. The number of carbonyl (C=O) groups is 1. The van der Waals surface area contributed by atoms with Crippen LogP contribution in [-0.4, -0.2) is 56.5 Å². The third-order valence-corrected chi connectivity index (χ3v) is 6.82. The number of hydrogen-bond acceptors (Lipinski definition) is 6. The van der Waals surface area contributed by atoms with Crippen molar-refractivity contribution in [3.8, 4) is 11.5 Å². The lowest BCUT2D eigenvalue weighted by molar-refractivity contribution is -0.123. The second kappa shape index (κ2) is 10.4. The van der Waals surface area contributed by atoms with Crippen molar-refractivity contribution >= 4 is 15.9 Å². The summed E-state index contributed by atoms with van der Waals surface area (Å²) in [6, 6.07) is 10.3. The fourth-order valence-corrected chi connectivity index (χ4v) is 4.69. The van der Waals surface area contributed by atoms with Crippen LogP contribution in [0.2, 0.25) is 0 Å². The van der Waals surface area contributed by atoms with Crippen LogP contribution in [0.5, 0.6) is 11.5 Å². The van der Waals surface area contributed by atoms with Crippen molar-refractivity contribution in [1.29, 1.82) is 0 Å². The molecule has 2 heterocycles. The van der Waals surface area contributed by atoms with E-state index in [1.54, 1.807) is 42.6 Å². The molecule has 0 aliphatic carbocycles. The molecule has 1 aliphatic heterocycles. The van der Waals surface area contributed by atoms with Crippen molar-refractivity contribution in [2.24, 2.45) is 5.92 Å². The van der Waals surface area contributed by atoms with E-state index >= 15 is 0 Å². The lowest BCUT2D eigenvalue weighted by atomic mass is 9.98. The predicted molar refractivity (Wildman–Crippen MR) is 112 cm³/mol. The van der Waals surface area contributed by atoms with Crippen LogP contribution in [0.3, 0.4) is 0 Å². The minimum atomic E-state index is -3.51. The van der Waals surface area contributed by atoms with E-state index in [2.05, 4.69) is 10.3 Å². The largest absolute Gasteiger partial charge is 0.494 e. The fourth-order valence-electron chi connectivity index (χ4n) is 3.26. The Morgan fingerprint density at radius 2 is 1.80 bits per heavy atom. The van der Waals surface area contributed by atoms with Crippen molar-refractivity contribution in [2.75, 3.05) is 32.8 Å². The molecule has 1 aromatic heterocycles. The van der Waals surface area contributed by atoms with Crippen LogP contribution in [0.25, 0.3) is 0 Å². The second-order valence-electron chi connectivity index (χ2n) is 7.03. The topological polar surface area (TPSA) is 97.8 Å². The maximum absolute atomic E-state index is 12.6. The number of sulfonamides is 1. The Hall–Kier alpha value is -2.65. The Labute approximate surface area is 177 Å². The Balaban J connectivity index is 1.38. The lowest BCUT2D eigenvalue weighted by Gasteiger charge is -2.31. The average molecular weight is 434 g/mol. The molecule has 0 radical (unpaired) electrons. The van der Waals surface area contributed by atoms with Crippen molar-refractivity contribution in [1.82, 2.24) is 14.6 Å². The van der Waals surface area contributed by atoms with Crippen molar-refractivity contribution < 1.29 is 22.7 Å². The van der Waals surface area contributed by atoms with E-state index in [9.17, 15) is 13.2 Å². The van der Waals surface area contributed by atoms with Gasteiger partial charge in [0.1, 0.15) is 16.4 Å². The molecule has 162 valence electrons. The van der Waals surface area contributed by atoms with Crippen LogP contribution in [0.4, 0.5) is 0 Å². The van der Waals surface area contributed by atoms with Gasteiger partial charge in [-0.2, -0.15) is 4.31 Å². The summed E-state index contributed by atoms with van der Waals surface area (Å²) in [5.41, 5.74) is 0. The number of ether oxygens (including phenoxy) is 2. The first-order valence-corrected chi connectivity index (χ1v) is 11.5. The van der Waals surface area contributed by atoms with Crippen LogP contribution in [0, 0.1) is 5.92 Å². The van der Waals surface area contributed by atoms with Gasteiger partial charge in [0.05, 0.1) is 6.61 Å². The van der Waals surface area contributed by atoms with E-state index in [0.29, 0.717) is 44.8 Å². The fraction of sp³-hybridized carbons (Fsp3) is 0.429. The first-order chi connectivity index (χ1) is 14.5. The van der Waals surface area contributed by atoms with Gasteiger partial charge >= 0.3 is 0 Å². The third-order valence-electron chi connectivity index (χ3n) is 4.94. The lowest BCUT2D eigenvalue weighted by Crippen LogP contribution is -2.42. The van der Waals surface area contributed by atoms with Gasteiger partial charge in [0, 0.05) is 32.0 Å². The van der Waals surface area contributed by atoms with Crippen molar-refractivity contribution in [2.45, 2.75) is 24.7 Å². The molecule has 0 atom stereocenters. The van der Waals surface area contributed by atoms with Crippen LogP contribution >= 0.6 is 0 Å². The molecule has 1 aromatic carbocycles. The Morgan fingerprint density at radius 3 is 2.40 bits per heavy atom. The van der Waals surface area contributed by atoms with Crippen LogP contribution < -0.4 is 14.8 Å². The number of amides is 1. The van der Waals surface area contributed by atoms with Crippen molar-refractivity contribution in [3.05, 3.63) is 48.8 Å². The molecule has 3 rings (SSSR count). The first kappa shape index (κ1) is 22.0. The summed E-state index contributed by atoms with van der Waals surface area (Å²) < 4.78 is 37.6. The standard InChI is InChI=1S/C21H27N3O5S/c1-2-28-18-5-7-19(8-6-18)29-16-21(25)23-14-17-9-12-24(13-10-17)30(26,27)20-4-3-11-22-15-20/h3-8,11,15,17H,2,9-10,12-14,16H2,1H3,(H,23,25). The molecule has 9 heteroatoms. The van der Waals surface area contributed by atoms with E-state index in [1.165, 1.54) is 10.5 Å². The van der Waals surface area contributed by atoms with Gasteiger partial charge in [-0.1, -0.05) is 0 Å². The molecule has 0 spiro atoms. The quantitative estimate of drug-likeness (QED) is 0.650. The number of nitrogens with zero attached hydrogens (tertiary/aromatic N) is 2. The molecule has 1 saturated heterocycles. The van der Waals surface area contributed by atoms with Gasteiger partial charge in [-0.3, -0.25) is 9.78 Å². The summed E-state index contributed by atoms with van der Waals surface area (Å²) in [5.74, 6) is 1.39. The molecule has 1 aliphatic rings. The first-order valence-electron chi connectivity index (χ1n) is 10.0. The normalized spacial score (nSPS) is 15.5. The SMILES string of the molecule is CCOc1ccc(OCC(=O)NCC2CCN(S(=O)(=O)c3cccnc3)CC2)cc1. The highest BCUT2D eigenvalue weighted by Crippen LogP contribution is 2.23. The highest BCUT2D eigenvalue weighted by Gasteiger charge is 2.29. The zero-order valence-corrected chi connectivity index (χ0v) is 17.8. The van der Waals surface area contributed by atoms with Gasteiger partial charge in [-0.05, 0) is 62.1 Å². The molecular weight excluding hydrogens is 406 g/mol. The van der Waals surface area contributed by atoms with Gasteiger partial charge < -0.3 is 14.8 Å². The summed E-state index contributed by atoms with van der Waals surface area (Å²) >= 11 is 0. The molecule has 8 nitrogen and oxygen atoms in total. The molecule has 1 fully saturated rings. The number of benzene rings is 1. The zero-order valence-electron chi connectivity index (χ0n) is 17.0. The van der Waals surface area contributed by atoms with E-state index in [0.717, 1.165) is 5.75 Å². The second-order valence-corrected chi connectivity index (χ2v) is 8.97. The van der Waals surface area contributed by atoms with Gasteiger partial charge in [0.15, 0.2) is 6.61 Å². The summed E-state index contributed by atoms with van der Waals surface area (Å²) in [5, 5.41) is 2.87. The van der Waals surface area contributed by atoms with E-state index in [1.807, 2.05) is 6.92 Å². The summed E-state index contributed by atoms with van der Waals surface area (Å²) in [7, 11) is -3.51. The highest BCUT2D eigenvalue weighted by atomic mass is 32.2. The maximum Gasteiger partial charge on any atom is 0.257 e. The number of pyridine rings is 1. The van der Waals surface area contributed by atoms with Gasteiger partial charge in [0.25, 0.3) is 5.91 Å². The number of nitrogens with one attached hydrogen (secondary N) is 1. The number of hydrogen-bond donors (Lipinski definition) is 1. The molecule has 0 bridgehead atoms. The third kappa shape index (κ3) is 5.93. The van der Waals surface area contributed by atoms with Crippen LogP contribution in [0.15, 0.2) is 53.7 Å². The Bertz CT molecular complexity index is 911. The molecule has 30 heavy (non-hydrogen) atoms. The minimum absolute atomic E-state index is 0.0672. The molecule has 1 N–H and O–H groups in total. The van der Waals surface area contributed by atoms with Crippen LogP contribution in [-0.2, 0) is 14.8 Å². The van der Waals surface area contributed by atoms with E-state index < -0.39 is 10.0 Å². The molecule has 2 aromatic rings. The number of rotatable bonds is 9. The number of piperidine rings is 1. The maximum atomic E-state index is 12.6. The van der Waals surface area contributed by atoms with Gasteiger partial charge in [0.2, 0.25) is 10.0 Å². The van der Waals surface area contributed by atoms with Crippen molar-refractivity contribution in [3.63, 3.8) is 0 Å². The highest BCUT2D eigenvalue weighted by molar-refractivity contribution is 7.89. The van der Waals surface area contributed by atoms with E-state index in [4.69, 9.17) is 9.47 Å². The van der Waals surface area contributed by atoms with Gasteiger partial charge in [-0.15, -0.1) is 0 Å². The Kier molecular flexibility index (Phi) is 7.64. The molecule has 0 unspecified atom stereocenters. The molecular formula is C21H27N3O5S. The van der Waals surface area contributed by atoms with E-state index in [-0.39, 0.29) is 23.3 Å².